The number of carbonyl (C=O) groups excluding carboxylic acids is 2. The van der Waals surface area contributed by atoms with E-state index in [1.807, 2.05) is 54.6 Å². The van der Waals surface area contributed by atoms with Crippen LogP contribution in [0.2, 0.25) is 0 Å². The fourth-order valence-electron chi connectivity index (χ4n) is 3.81. The van der Waals surface area contributed by atoms with E-state index in [1.54, 1.807) is 4.90 Å². The number of amides is 2. The summed E-state index contributed by atoms with van der Waals surface area (Å²) in [5.74, 6) is -0.286. The van der Waals surface area contributed by atoms with Crippen LogP contribution in [0.4, 0.5) is 5.69 Å². The molecule has 1 fully saturated rings. The van der Waals surface area contributed by atoms with Crippen molar-refractivity contribution in [2.45, 2.75) is 37.8 Å². The Balaban J connectivity index is 1.50. The number of nitrogens with one attached hydrogen (secondary N) is 1. The van der Waals surface area contributed by atoms with Crippen LogP contribution in [0.1, 0.15) is 24.0 Å². The number of aliphatic imine (C=N–C) groups is 1. The van der Waals surface area contributed by atoms with E-state index in [0.717, 1.165) is 17.5 Å². The molecule has 1 heterocycles. The van der Waals surface area contributed by atoms with E-state index < -0.39 is 12.1 Å². The summed E-state index contributed by atoms with van der Waals surface area (Å²) in [5, 5.41) is 2.95. The van der Waals surface area contributed by atoms with Crippen LogP contribution in [-0.4, -0.2) is 47.8 Å². The third kappa shape index (κ3) is 6.29. The average molecular weight is 423 g/mol. The molecule has 31 heavy (non-hydrogen) atoms. The Morgan fingerprint density at radius 2 is 1.77 bits per heavy atom. The summed E-state index contributed by atoms with van der Waals surface area (Å²) in [5.41, 5.74) is 19.6. The number of nitrogens with zero attached hydrogens (tertiary/aromatic N) is 2. The maximum absolute atomic E-state index is 12.9. The lowest BCUT2D eigenvalue weighted by Gasteiger charge is -2.26. The Bertz CT molecular complexity index is 909. The van der Waals surface area contributed by atoms with Crippen molar-refractivity contribution in [1.29, 1.82) is 0 Å². The zero-order valence-electron chi connectivity index (χ0n) is 17.5. The summed E-state index contributed by atoms with van der Waals surface area (Å²) in [6.07, 6.45) is 2.58. The number of guanidine groups is 1. The van der Waals surface area contributed by atoms with Crippen LogP contribution >= 0.6 is 0 Å². The highest BCUT2D eigenvalue weighted by atomic mass is 16.2. The second kappa shape index (κ2) is 10.6. The molecule has 8 nitrogen and oxygen atoms in total. The van der Waals surface area contributed by atoms with Gasteiger partial charge in [-0.1, -0.05) is 42.5 Å². The number of hydrogen-bond donors (Lipinski definition) is 4. The predicted molar refractivity (Wildman–Crippen MR) is 121 cm³/mol. The van der Waals surface area contributed by atoms with Gasteiger partial charge in [0.15, 0.2) is 5.96 Å². The third-order valence-corrected chi connectivity index (χ3v) is 5.36. The molecule has 0 bridgehead atoms. The summed E-state index contributed by atoms with van der Waals surface area (Å²) in [6, 6.07) is 16.0. The zero-order chi connectivity index (χ0) is 22.2. The van der Waals surface area contributed by atoms with Crippen LogP contribution in [0, 0.1) is 0 Å². The second-order valence-electron chi connectivity index (χ2n) is 7.73. The first-order chi connectivity index (χ1) is 14.9. The Kier molecular flexibility index (Phi) is 7.61. The molecule has 1 saturated heterocycles. The van der Waals surface area contributed by atoms with Gasteiger partial charge in [-0.2, -0.15) is 0 Å². The first-order valence-corrected chi connectivity index (χ1v) is 10.5. The molecule has 1 aliphatic heterocycles. The monoisotopic (exact) mass is 422 g/mol. The van der Waals surface area contributed by atoms with Gasteiger partial charge in [0.25, 0.3) is 0 Å². The van der Waals surface area contributed by atoms with E-state index in [2.05, 4.69) is 10.3 Å². The van der Waals surface area contributed by atoms with Gasteiger partial charge in [0.1, 0.15) is 6.04 Å². The van der Waals surface area contributed by atoms with Gasteiger partial charge in [-0.3, -0.25) is 9.59 Å². The fourth-order valence-corrected chi connectivity index (χ4v) is 3.81. The summed E-state index contributed by atoms with van der Waals surface area (Å²) >= 11 is 0. The lowest BCUT2D eigenvalue weighted by molar-refractivity contribution is -0.139. The second-order valence-corrected chi connectivity index (χ2v) is 7.73. The van der Waals surface area contributed by atoms with Gasteiger partial charge in [-0.25, -0.2) is 4.99 Å². The normalized spacial score (nSPS) is 16.5. The van der Waals surface area contributed by atoms with Crippen LogP contribution in [0.5, 0.6) is 0 Å². The van der Waals surface area contributed by atoms with Gasteiger partial charge < -0.3 is 27.4 Å². The Morgan fingerprint density at radius 3 is 2.45 bits per heavy atom. The maximum atomic E-state index is 12.9. The van der Waals surface area contributed by atoms with Gasteiger partial charge in [-0.15, -0.1) is 0 Å². The van der Waals surface area contributed by atoms with Crippen LogP contribution < -0.4 is 22.5 Å². The molecule has 1 aliphatic rings. The number of rotatable bonds is 8. The molecule has 0 spiro atoms. The lowest BCUT2D eigenvalue weighted by atomic mass is 10.1. The molecule has 2 aromatic rings. The van der Waals surface area contributed by atoms with E-state index in [4.69, 9.17) is 17.2 Å². The molecule has 1 unspecified atom stereocenters. The molecule has 164 valence electrons. The van der Waals surface area contributed by atoms with Crippen molar-refractivity contribution < 1.29 is 9.59 Å². The maximum Gasteiger partial charge on any atom is 0.242 e. The highest BCUT2D eigenvalue weighted by molar-refractivity contribution is 5.90. The smallest absolute Gasteiger partial charge is 0.242 e. The standard InChI is InChI=1S/C23H30N6O2/c24-19(15-17-5-2-1-3-6-17)22(31)29-14-4-7-20(29)21(30)27-13-12-16-8-10-18(11-9-16)28-23(25)26/h1-3,5-6,8-11,19-20H,4,7,12-15,24H2,(H,27,30)(H4,25,26,28)/t19?,20-/m0/s1. The highest BCUT2D eigenvalue weighted by Crippen LogP contribution is 2.19. The third-order valence-electron chi connectivity index (χ3n) is 5.36. The van der Waals surface area contributed by atoms with Crippen molar-refractivity contribution in [3.05, 3.63) is 65.7 Å². The lowest BCUT2D eigenvalue weighted by Crippen LogP contribution is -2.52. The van der Waals surface area contributed by atoms with E-state index in [0.29, 0.717) is 38.0 Å². The molecule has 2 aromatic carbocycles. The zero-order valence-corrected chi connectivity index (χ0v) is 17.5. The Morgan fingerprint density at radius 1 is 1.06 bits per heavy atom. The minimum Gasteiger partial charge on any atom is -0.370 e. The van der Waals surface area contributed by atoms with Gasteiger partial charge in [-0.05, 0) is 48.9 Å². The topological polar surface area (TPSA) is 140 Å². The van der Waals surface area contributed by atoms with Gasteiger partial charge >= 0.3 is 0 Å². The van der Waals surface area contributed by atoms with E-state index >= 15 is 0 Å². The Labute approximate surface area is 182 Å². The van der Waals surface area contributed by atoms with Crippen molar-refractivity contribution in [1.82, 2.24) is 10.2 Å². The Hall–Kier alpha value is -3.39. The SMILES string of the molecule is NC(N)=Nc1ccc(CCNC(=O)[C@@H]2CCCN2C(=O)C(N)Cc2ccccc2)cc1. The summed E-state index contributed by atoms with van der Waals surface area (Å²) in [7, 11) is 0. The summed E-state index contributed by atoms with van der Waals surface area (Å²) < 4.78 is 0. The number of nitrogens with two attached hydrogens (primary N) is 3. The van der Waals surface area contributed by atoms with Crippen molar-refractivity contribution in [2.75, 3.05) is 13.1 Å². The van der Waals surface area contributed by atoms with E-state index in [-0.39, 0.29) is 17.8 Å². The molecule has 8 heteroatoms. The van der Waals surface area contributed by atoms with Crippen LogP contribution in [0.25, 0.3) is 0 Å². The number of hydrogen-bond acceptors (Lipinski definition) is 4. The number of benzene rings is 2. The molecule has 0 saturated carbocycles. The van der Waals surface area contributed by atoms with Crippen LogP contribution in [-0.2, 0) is 22.4 Å². The molecule has 2 atom stereocenters. The van der Waals surface area contributed by atoms with Crippen molar-refractivity contribution in [3.63, 3.8) is 0 Å². The first kappa shape index (κ1) is 22.3. The molecule has 0 aromatic heterocycles. The molecular weight excluding hydrogens is 392 g/mol. The van der Waals surface area contributed by atoms with Gasteiger partial charge in [0, 0.05) is 13.1 Å². The van der Waals surface area contributed by atoms with Gasteiger partial charge in [0.2, 0.25) is 11.8 Å². The van der Waals surface area contributed by atoms with E-state index in [1.165, 1.54) is 0 Å². The highest BCUT2D eigenvalue weighted by Gasteiger charge is 2.35. The largest absolute Gasteiger partial charge is 0.370 e. The van der Waals surface area contributed by atoms with Crippen LogP contribution in [0.15, 0.2) is 59.6 Å². The number of carbonyl (C=O) groups is 2. The molecular formula is C23H30N6O2. The summed E-state index contributed by atoms with van der Waals surface area (Å²) in [4.78, 5) is 31.2. The predicted octanol–water partition coefficient (Wildman–Crippen LogP) is 0.811. The van der Waals surface area contributed by atoms with E-state index in [9.17, 15) is 9.59 Å². The van der Waals surface area contributed by atoms with Gasteiger partial charge in [0.05, 0.1) is 11.7 Å². The molecule has 0 aliphatic carbocycles. The first-order valence-electron chi connectivity index (χ1n) is 10.5. The average Bonchev–Trinajstić information content (AvgIpc) is 3.24. The minimum atomic E-state index is -0.653. The number of likely N-dealkylation sites (tertiary alicyclic amines) is 1. The molecule has 3 rings (SSSR count). The minimum absolute atomic E-state index is 0.0131. The quantitative estimate of drug-likeness (QED) is 0.368. The summed E-state index contributed by atoms with van der Waals surface area (Å²) in [6.45, 7) is 1.04. The van der Waals surface area contributed by atoms with Crippen molar-refractivity contribution in [3.8, 4) is 0 Å². The molecule has 0 radical (unpaired) electrons. The van der Waals surface area contributed by atoms with Crippen molar-refractivity contribution in [2.24, 2.45) is 22.2 Å². The van der Waals surface area contributed by atoms with Crippen LogP contribution in [0.3, 0.4) is 0 Å². The van der Waals surface area contributed by atoms with Crippen molar-refractivity contribution >= 4 is 23.5 Å². The molecule has 7 N–H and O–H groups in total. The fraction of sp³-hybridized carbons (Fsp3) is 0.348. The molecule has 2 amide bonds.